The van der Waals surface area contributed by atoms with Crippen LogP contribution in [-0.2, 0) is 37.9 Å². The van der Waals surface area contributed by atoms with Gasteiger partial charge in [-0.05, 0) is 72.0 Å². The zero-order valence-corrected chi connectivity index (χ0v) is 33.7. The smallest absolute Gasteiger partial charge is 0.255 e. The molecule has 1 aromatic heterocycles. The molecule has 9 nitrogen and oxygen atoms in total. The van der Waals surface area contributed by atoms with Crippen molar-refractivity contribution in [3.05, 3.63) is 166 Å². The number of ether oxygens (including phenoxy) is 3. The molecule has 1 saturated heterocycles. The van der Waals surface area contributed by atoms with Crippen LogP contribution in [0.15, 0.2) is 121 Å². The largest absolute Gasteiger partial charge is 0.496 e. The Kier molecular flexibility index (Phi) is 11.9. The quantitative estimate of drug-likeness (QED) is 0.135. The van der Waals surface area contributed by atoms with Crippen LogP contribution in [0.5, 0.6) is 11.5 Å². The van der Waals surface area contributed by atoms with Crippen molar-refractivity contribution in [2.24, 2.45) is 7.05 Å². The Morgan fingerprint density at radius 1 is 0.864 bits per heavy atom. The molecule has 8 rings (SSSR count). The highest BCUT2D eigenvalue weighted by Gasteiger charge is 2.35. The summed E-state index contributed by atoms with van der Waals surface area (Å²) in [5.41, 5.74) is 7.93. The Balaban J connectivity index is 1.21. The molecular weight excluding hydrogens is 744 g/mol. The molecule has 0 saturated carbocycles. The van der Waals surface area contributed by atoms with Crippen molar-refractivity contribution in [2.75, 3.05) is 40.0 Å². The summed E-state index contributed by atoms with van der Waals surface area (Å²) in [5, 5.41) is 3.12. The molecule has 6 aromatic rings. The topological polar surface area (TPSA) is 85.3 Å². The fourth-order valence-corrected chi connectivity index (χ4v) is 8.37. The third kappa shape index (κ3) is 8.51. The zero-order chi connectivity index (χ0) is 40.9. The summed E-state index contributed by atoms with van der Waals surface area (Å²) >= 11 is 0. The van der Waals surface area contributed by atoms with Gasteiger partial charge in [-0.1, -0.05) is 84.9 Å². The molecule has 0 radical (unpaired) electrons. The minimum Gasteiger partial charge on any atom is -0.496 e. The number of methoxy groups -OCH3 is 1. The summed E-state index contributed by atoms with van der Waals surface area (Å²) in [5.74, 6) is 0.343. The fourth-order valence-electron chi connectivity index (χ4n) is 8.37. The molecule has 2 aliphatic heterocycles. The van der Waals surface area contributed by atoms with Gasteiger partial charge in [0.25, 0.3) is 11.8 Å². The van der Waals surface area contributed by atoms with E-state index in [9.17, 15) is 4.79 Å². The van der Waals surface area contributed by atoms with Crippen LogP contribution in [0.2, 0.25) is 0 Å². The molecule has 0 bridgehead atoms. The van der Waals surface area contributed by atoms with Crippen LogP contribution in [0.4, 0.5) is 4.39 Å². The maximum Gasteiger partial charge on any atom is 0.255 e. The highest BCUT2D eigenvalue weighted by Crippen LogP contribution is 2.42. The second-order valence-corrected chi connectivity index (χ2v) is 15.2. The van der Waals surface area contributed by atoms with E-state index in [-0.39, 0.29) is 24.4 Å². The first-order valence-electron chi connectivity index (χ1n) is 20.1. The number of hydrogen-bond donors (Lipinski definition) is 1. The Labute approximate surface area is 344 Å². The zero-order valence-electron chi connectivity index (χ0n) is 33.7. The Morgan fingerprint density at radius 3 is 2.34 bits per heavy atom. The molecule has 1 fully saturated rings. The normalized spacial score (nSPS) is 15.4. The van der Waals surface area contributed by atoms with E-state index in [1.165, 1.54) is 17.7 Å². The summed E-state index contributed by atoms with van der Waals surface area (Å²) in [7, 11) is 3.46. The number of benzene rings is 5. The predicted molar refractivity (Wildman–Crippen MR) is 227 cm³/mol. The Hall–Kier alpha value is -6.23. The van der Waals surface area contributed by atoms with Crippen molar-refractivity contribution in [3.63, 3.8) is 0 Å². The van der Waals surface area contributed by atoms with Gasteiger partial charge in [0.15, 0.2) is 0 Å². The standard InChI is InChI=1S/C49H49FN4O5/c1-33-45(48(55)51-29-37-14-9-10-16-44(37)57-3)46(35-17-20-41(21-18-35)59-32-34-11-5-4-6-12-34)47(52(33)2)43-28-39(50)19-22-42(43)49(56)54-30-38-15-8-7-13-36(38)27-40(54)31-53-23-25-58-26-24-53/h4-22,28,40H,23-27,29-32H2,1-3H3,(H,51,55)/t40-/m0/s1. The highest BCUT2D eigenvalue weighted by molar-refractivity contribution is 6.09. The van der Waals surface area contributed by atoms with E-state index >= 15 is 9.18 Å². The lowest BCUT2D eigenvalue weighted by Gasteiger charge is -2.40. The number of amides is 2. The summed E-state index contributed by atoms with van der Waals surface area (Å²) in [4.78, 5) is 33.9. The Bertz CT molecular complexity index is 2440. The average molecular weight is 793 g/mol. The van der Waals surface area contributed by atoms with Gasteiger partial charge < -0.3 is 29.0 Å². The van der Waals surface area contributed by atoms with Gasteiger partial charge in [0, 0.05) is 73.8 Å². The van der Waals surface area contributed by atoms with Crippen molar-refractivity contribution in [3.8, 4) is 33.9 Å². The van der Waals surface area contributed by atoms with Crippen LogP contribution in [-0.4, -0.2) is 72.2 Å². The van der Waals surface area contributed by atoms with E-state index in [4.69, 9.17) is 14.2 Å². The van der Waals surface area contributed by atoms with Gasteiger partial charge in [0.05, 0.1) is 31.6 Å². The van der Waals surface area contributed by atoms with Crippen molar-refractivity contribution < 1.29 is 28.2 Å². The summed E-state index contributed by atoms with van der Waals surface area (Å²) < 4.78 is 34.9. The second-order valence-electron chi connectivity index (χ2n) is 15.2. The number of carbonyl (C=O) groups excluding carboxylic acids is 2. The SMILES string of the molecule is COc1ccccc1CNC(=O)c1c(-c2ccc(OCc3ccccc3)cc2)c(-c2cc(F)ccc2C(=O)N2Cc3ccccc3C[C@H]2CN2CCOCC2)n(C)c1C. The number of carbonyl (C=O) groups is 2. The van der Waals surface area contributed by atoms with Crippen LogP contribution < -0.4 is 14.8 Å². The third-order valence-corrected chi connectivity index (χ3v) is 11.6. The van der Waals surface area contributed by atoms with Crippen LogP contribution in [0.25, 0.3) is 22.4 Å². The molecule has 0 spiro atoms. The van der Waals surface area contributed by atoms with Crippen LogP contribution in [0.3, 0.4) is 0 Å². The van der Waals surface area contributed by atoms with Crippen molar-refractivity contribution in [2.45, 2.75) is 39.1 Å². The first-order valence-corrected chi connectivity index (χ1v) is 20.1. The van der Waals surface area contributed by atoms with E-state index in [0.29, 0.717) is 84.5 Å². The van der Waals surface area contributed by atoms with Gasteiger partial charge in [-0.3, -0.25) is 14.5 Å². The monoisotopic (exact) mass is 792 g/mol. The summed E-state index contributed by atoms with van der Waals surface area (Å²) in [6, 6.07) is 37.6. The Morgan fingerprint density at radius 2 is 1.58 bits per heavy atom. The number of rotatable bonds is 12. The maximum atomic E-state index is 15.7. The average Bonchev–Trinajstić information content (AvgIpc) is 3.54. The van der Waals surface area contributed by atoms with Crippen LogP contribution in [0.1, 0.15) is 48.7 Å². The van der Waals surface area contributed by atoms with Crippen molar-refractivity contribution in [1.82, 2.24) is 19.7 Å². The number of para-hydroxylation sites is 1. The van der Waals surface area contributed by atoms with Crippen molar-refractivity contribution in [1.29, 1.82) is 0 Å². The number of nitrogens with zero attached hydrogens (tertiary/aromatic N) is 3. The molecular formula is C49H49FN4O5. The summed E-state index contributed by atoms with van der Waals surface area (Å²) in [6.45, 7) is 6.54. The van der Waals surface area contributed by atoms with Gasteiger partial charge in [0.2, 0.25) is 0 Å². The molecule has 2 aliphatic rings. The van der Waals surface area contributed by atoms with Gasteiger partial charge in [-0.25, -0.2) is 4.39 Å². The molecule has 10 heteroatoms. The fraction of sp³-hybridized carbons (Fsp3) is 0.265. The van der Waals surface area contributed by atoms with Crippen molar-refractivity contribution >= 4 is 11.8 Å². The van der Waals surface area contributed by atoms with E-state index in [1.54, 1.807) is 13.2 Å². The number of hydrogen-bond acceptors (Lipinski definition) is 6. The molecule has 1 atom stereocenters. The van der Waals surface area contributed by atoms with Crippen LogP contribution in [0, 0.1) is 12.7 Å². The second kappa shape index (κ2) is 17.7. The molecule has 302 valence electrons. The molecule has 59 heavy (non-hydrogen) atoms. The predicted octanol–water partition coefficient (Wildman–Crippen LogP) is 8.22. The molecule has 5 aromatic carbocycles. The lowest BCUT2D eigenvalue weighted by molar-refractivity contribution is 0.0193. The van der Waals surface area contributed by atoms with E-state index in [0.717, 1.165) is 35.3 Å². The van der Waals surface area contributed by atoms with E-state index in [1.807, 2.05) is 114 Å². The molecule has 0 aliphatic carbocycles. The number of fused-ring (bicyclic) bond motifs is 1. The number of morpholine rings is 1. The first kappa shape index (κ1) is 39.6. The van der Waals surface area contributed by atoms with E-state index in [2.05, 4.69) is 22.3 Å². The lowest BCUT2D eigenvalue weighted by atomic mass is 9.91. The van der Waals surface area contributed by atoms with Gasteiger partial charge in [-0.15, -0.1) is 0 Å². The van der Waals surface area contributed by atoms with Gasteiger partial charge in [-0.2, -0.15) is 0 Å². The molecule has 0 unspecified atom stereocenters. The third-order valence-electron chi connectivity index (χ3n) is 11.6. The van der Waals surface area contributed by atoms with E-state index < -0.39 is 5.82 Å². The first-order chi connectivity index (χ1) is 28.8. The molecule has 3 heterocycles. The maximum absolute atomic E-state index is 15.7. The van der Waals surface area contributed by atoms with Crippen LogP contribution >= 0.6 is 0 Å². The number of aromatic nitrogens is 1. The number of nitrogens with one attached hydrogen (secondary N) is 1. The lowest BCUT2D eigenvalue weighted by Crippen LogP contribution is -2.52. The van der Waals surface area contributed by atoms with Gasteiger partial charge >= 0.3 is 0 Å². The molecule has 2 amide bonds. The van der Waals surface area contributed by atoms with Gasteiger partial charge in [0.1, 0.15) is 23.9 Å². The summed E-state index contributed by atoms with van der Waals surface area (Å²) in [6.07, 6.45) is 0.708. The minimum absolute atomic E-state index is 0.109. The highest BCUT2D eigenvalue weighted by atomic mass is 19.1. The molecule has 1 N–H and O–H groups in total. The minimum atomic E-state index is -0.484. The number of halogens is 1.